The van der Waals surface area contributed by atoms with Crippen LogP contribution < -0.4 is 5.32 Å². The van der Waals surface area contributed by atoms with Crippen LogP contribution in [-0.4, -0.2) is 6.54 Å². The summed E-state index contributed by atoms with van der Waals surface area (Å²) in [7, 11) is 0. The SMILES string of the molecule is c1coc(C2(C3CC3)CCCN2)c1. The summed E-state index contributed by atoms with van der Waals surface area (Å²) >= 11 is 0. The molecule has 70 valence electrons. The van der Waals surface area contributed by atoms with Crippen LogP contribution in [0.1, 0.15) is 31.4 Å². The maximum Gasteiger partial charge on any atom is 0.124 e. The van der Waals surface area contributed by atoms with E-state index in [1.54, 1.807) is 6.26 Å². The first-order valence-electron chi connectivity index (χ1n) is 5.21. The monoisotopic (exact) mass is 177 g/mol. The van der Waals surface area contributed by atoms with Gasteiger partial charge in [0.15, 0.2) is 0 Å². The second-order valence-corrected chi connectivity index (χ2v) is 4.25. The lowest BCUT2D eigenvalue weighted by atomic mass is 9.89. The van der Waals surface area contributed by atoms with Crippen molar-refractivity contribution in [2.75, 3.05) is 6.54 Å². The number of rotatable bonds is 2. The van der Waals surface area contributed by atoms with E-state index in [0.29, 0.717) is 0 Å². The normalized spacial score (nSPS) is 33.8. The van der Waals surface area contributed by atoms with Crippen LogP contribution in [0.4, 0.5) is 0 Å². The van der Waals surface area contributed by atoms with Gasteiger partial charge in [-0.25, -0.2) is 0 Å². The Balaban J connectivity index is 1.98. The predicted octanol–water partition coefficient (Wildman–Crippen LogP) is 2.27. The minimum atomic E-state index is 0.212. The van der Waals surface area contributed by atoms with Gasteiger partial charge in [-0.15, -0.1) is 0 Å². The molecule has 1 aromatic heterocycles. The molecule has 0 bridgehead atoms. The van der Waals surface area contributed by atoms with Gasteiger partial charge in [0.1, 0.15) is 5.76 Å². The van der Waals surface area contributed by atoms with E-state index in [9.17, 15) is 0 Å². The van der Waals surface area contributed by atoms with Crippen LogP contribution in [0.25, 0.3) is 0 Å². The molecule has 0 amide bonds. The minimum Gasteiger partial charge on any atom is -0.467 e. The molecule has 0 radical (unpaired) electrons. The molecule has 1 aromatic rings. The molecule has 1 saturated carbocycles. The molecule has 0 spiro atoms. The van der Waals surface area contributed by atoms with E-state index >= 15 is 0 Å². The Morgan fingerprint density at radius 3 is 2.92 bits per heavy atom. The maximum absolute atomic E-state index is 5.56. The van der Waals surface area contributed by atoms with Gasteiger partial charge in [-0.05, 0) is 50.3 Å². The molecule has 13 heavy (non-hydrogen) atoms. The molecule has 1 unspecified atom stereocenters. The third kappa shape index (κ3) is 1.05. The molecular weight excluding hydrogens is 162 g/mol. The first kappa shape index (κ1) is 7.63. The summed E-state index contributed by atoms with van der Waals surface area (Å²) in [5, 5.41) is 3.64. The van der Waals surface area contributed by atoms with Crippen LogP contribution in [0.5, 0.6) is 0 Å². The third-order valence-corrected chi connectivity index (χ3v) is 3.42. The molecule has 1 N–H and O–H groups in total. The van der Waals surface area contributed by atoms with E-state index in [1.165, 1.54) is 25.7 Å². The van der Waals surface area contributed by atoms with Crippen molar-refractivity contribution >= 4 is 0 Å². The number of hydrogen-bond acceptors (Lipinski definition) is 2. The zero-order chi connectivity index (χ0) is 8.73. The van der Waals surface area contributed by atoms with Gasteiger partial charge in [-0.2, -0.15) is 0 Å². The highest BCUT2D eigenvalue weighted by atomic mass is 16.3. The Kier molecular flexibility index (Phi) is 1.53. The zero-order valence-corrected chi connectivity index (χ0v) is 7.75. The van der Waals surface area contributed by atoms with Crippen molar-refractivity contribution in [3.05, 3.63) is 24.2 Å². The van der Waals surface area contributed by atoms with E-state index in [2.05, 4.69) is 11.4 Å². The molecule has 1 saturated heterocycles. The average Bonchev–Trinajstić information content (AvgIpc) is 2.73. The number of nitrogens with one attached hydrogen (secondary N) is 1. The third-order valence-electron chi connectivity index (χ3n) is 3.42. The van der Waals surface area contributed by atoms with Crippen molar-refractivity contribution in [1.82, 2.24) is 5.32 Å². The molecule has 0 aromatic carbocycles. The van der Waals surface area contributed by atoms with Crippen molar-refractivity contribution < 1.29 is 4.42 Å². The van der Waals surface area contributed by atoms with Crippen LogP contribution in [-0.2, 0) is 5.54 Å². The fraction of sp³-hybridized carbons (Fsp3) is 0.636. The molecule has 2 heteroatoms. The quantitative estimate of drug-likeness (QED) is 0.749. The summed E-state index contributed by atoms with van der Waals surface area (Å²) in [6.07, 6.45) is 7.07. The van der Waals surface area contributed by atoms with Crippen molar-refractivity contribution in [2.24, 2.45) is 5.92 Å². The van der Waals surface area contributed by atoms with E-state index in [4.69, 9.17) is 4.42 Å². The molecule has 1 atom stereocenters. The van der Waals surface area contributed by atoms with Gasteiger partial charge in [0, 0.05) is 0 Å². The molecule has 1 aliphatic heterocycles. The number of furan rings is 1. The van der Waals surface area contributed by atoms with Gasteiger partial charge in [0.2, 0.25) is 0 Å². The van der Waals surface area contributed by atoms with Gasteiger partial charge in [-0.1, -0.05) is 0 Å². The van der Waals surface area contributed by atoms with Crippen molar-refractivity contribution in [3.63, 3.8) is 0 Å². The summed E-state index contributed by atoms with van der Waals surface area (Å²) < 4.78 is 5.56. The maximum atomic E-state index is 5.56. The lowest BCUT2D eigenvalue weighted by Crippen LogP contribution is -2.38. The van der Waals surface area contributed by atoms with Gasteiger partial charge in [0.25, 0.3) is 0 Å². The van der Waals surface area contributed by atoms with Crippen LogP contribution in [0.3, 0.4) is 0 Å². The molecule has 2 aliphatic rings. The van der Waals surface area contributed by atoms with E-state index in [1.807, 2.05) is 6.07 Å². The highest BCUT2D eigenvalue weighted by Crippen LogP contribution is 2.50. The lowest BCUT2D eigenvalue weighted by molar-refractivity contribution is 0.268. The summed E-state index contributed by atoms with van der Waals surface area (Å²) in [6.45, 7) is 1.15. The second kappa shape index (κ2) is 2.61. The molecule has 1 aliphatic carbocycles. The minimum absolute atomic E-state index is 0.212. The van der Waals surface area contributed by atoms with Crippen LogP contribution in [0.2, 0.25) is 0 Å². The lowest BCUT2D eigenvalue weighted by Gasteiger charge is -2.27. The summed E-state index contributed by atoms with van der Waals surface area (Å²) in [6, 6.07) is 4.12. The van der Waals surface area contributed by atoms with E-state index < -0.39 is 0 Å². The highest BCUT2D eigenvalue weighted by Gasteiger charge is 2.49. The number of hydrogen-bond donors (Lipinski definition) is 1. The molecule has 3 rings (SSSR count). The van der Waals surface area contributed by atoms with Crippen LogP contribution in [0, 0.1) is 5.92 Å². The van der Waals surface area contributed by atoms with Crippen LogP contribution >= 0.6 is 0 Å². The summed E-state index contributed by atoms with van der Waals surface area (Å²) in [5.41, 5.74) is 0.212. The second-order valence-electron chi connectivity index (χ2n) is 4.25. The van der Waals surface area contributed by atoms with Gasteiger partial charge >= 0.3 is 0 Å². The fourth-order valence-electron chi connectivity index (χ4n) is 2.64. The average molecular weight is 177 g/mol. The predicted molar refractivity (Wildman–Crippen MR) is 50.3 cm³/mol. The Bertz CT molecular complexity index is 281. The van der Waals surface area contributed by atoms with Gasteiger partial charge in [0.05, 0.1) is 11.8 Å². The Labute approximate surface area is 78.3 Å². The first-order chi connectivity index (χ1) is 6.42. The Morgan fingerprint density at radius 1 is 1.46 bits per heavy atom. The molecular formula is C11H15NO. The van der Waals surface area contributed by atoms with Gasteiger partial charge in [-0.3, -0.25) is 0 Å². The summed E-state index contributed by atoms with van der Waals surface area (Å²) in [4.78, 5) is 0. The smallest absolute Gasteiger partial charge is 0.124 e. The Hall–Kier alpha value is -0.760. The topological polar surface area (TPSA) is 25.2 Å². The van der Waals surface area contributed by atoms with Crippen molar-refractivity contribution in [3.8, 4) is 0 Å². The molecule has 2 fully saturated rings. The first-order valence-corrected chi connectivity index (χ1v) is 5.21. The standard InChI is InChI=1S/C11H15NO/c1-3-10(13-8-1)11(9-4-5-9)6-2-7-12-11/h1,3,8-9,12H,2,4-7H2. The fourth-order valence-corrected chi connectivity index (χ4v) is 2.64. The molecule has 2 nitrogen and oxygen atoms in total. The Morgan fingerprint density at radius 2 is 2.38 bits per heavy atom. The van der Waals surface area contributed by atoms with Crippen molar-refractivity contribution in [2.45, 2.75) is 31.2 Å². The van der Waals surface area contributed by atoms with Crippen LogP contribution in [0.15, 0.2) is 22.8 Å². The highest BCUT2D eigenvalue weighted by molar-refractivity contribution is 5.19. The summed E-state index contributed by atoms with van der Waals surface area (Å²) in [5.74, 6) is 1.99. The zero-order valence-electron chi connectivity index (χ0n) is 7.75. The molecule has 2 heterocycles. The van der Waals surface area contributed by atoms with E-state index in [-0.39, 0.29) is 5.54 Å². The largest absolute Gasteiger partial charge is 0.467 e. The van der Waals surface area contributed by atoms with Gasteiger partial charge < -0.3 is 9.73 Å². The van der Waals surface area contributed by atoms with Crippen molar-refractivity contribution in [1.29, 1.82) is 0 Å². The van der Waals surface area contributed by atoms with E-state index in [0.717, 1.165) is 18.2 Å².